The number of aromatic nitrogens is 3. The van der Waals surface area contributed by atoms with E-state index in [-0.39, 0.29) is 23.4 Å². The number of methoxy groups -OCH3 is 2. The number of H-pyrrole nitrogens is 1. The lowest BCUT2D eigenvalue weighted by Crippen LogP contribution is -2.39. The minimum absolute atomic E-state index is 0.0615. The van der Waals surface area contributed by atoms with Crippen molar-refractivity contribution in [1.82, 2.24) is 19.3 Å². The van der Waals surface area contributed by atoms with Crippen molar-refractivity contribution in [2.75, 3.05) is 34.0 Å². The van der Waals surface area contributed by atoms with Crippen molar-refractivity contribution < 1.29 is 19.0 Å². The first kappa shape index (κ1) is 24.5. The third-order valence-electron chi connectivity index (χ3n) is 8.12. The standard InChI is InChI=1S/C29H32N4O5/c1-16-11-23-22(31-28(34)24-15-30-27(33(23)24)18-6-9-38-10-7-18)13-20(16)29(35)32-8-5-19-12-25(36-3)26(37-4)14-21(19)17(32)2/h11-15,17-18H,5-10H2,1-4H3,(H,31,34). The molecule has 1 unspecified atom stereocenters. The third kappa shape index (κ3) is 3.84. The molecule has 9 heteroatoms. The molecule has 6 rings (SSSR count). The van der Waals surface area contributed by atoms with Crippen LogP contribution in [0.15, 0.2) is 35.3 Å². The molecule has 198 valence electrons. The van der Waals surface area contributed by atoms with Gasteiger partial charge in [0.15, 0.2) is 11.5 Å². The van der Waals surface area contributed by atoms with Crippen molar-refractivity contribution in [2.24, 2.45) is 0 Å². The van der Waals surface area contributed by atoms with Crippen molar-refractivity contribution in [3.05, 3.63) is 68.9 Å². The molecule has 2 aliphatic heterocycles. The highest BCUT2D eigenvalue weighted by Gasteiger charge is 2.31. The molecular weight excluding hydrogens is 484 g/mol. The van der Waals surface area contributed by atoms with Crippen LogP contribution in [-0.4, -0.2) is 59.2 Å². The Hall–Kier alpha value is -3.85. The summed E-state index contributed by atoms with van der Waals surface area (Å²) >= 11 is 0. The summed E-state index contributed by atoms with van der Waals surface area (Å²) in [6, 6.07) is 7.64. The normalized spacial score (nSPS) is 18.1. The molecule has 38 heavy (non-hydrogen) atoms. The molecule has 2 aromatic heterocycles. The average Bonchev–Trinajstić information content (AvgIpc) is 3.39. The van der Waals surface area contributed by atoms with Gasteiger partial charge in [-0.15, -0.1) is 0 Å². The Morgan fingerprint density at radius 1 is 1.08 bits per heavy atom. The molecule has 1 atom stereocenters. The summed E-state index contributed by atoms with van der Waals surface area (Å²) < 4.78 is 18.5. The summed E-state index contributed by atoms with van der Waals surface area (Å²) in [5.41, 5.74) is 5.41. The van der Waals surface area contributed by atoms with E-state index in [1.165, 1.54) is 0 Å². The van der Waals surface area contributed by atoms with E-state index in [4.69, 9.17) is 14.2 Å². The summed E-state index contributed by atoms with van der Waals surface area (Å²) in [6.45, 7) is 5.95. The summed E-state index contributed by atoms with van der Waals surface area (Å²) in [5, 5.41) is 0. The summed E-state index contributed by atoms with van der Waals surface area (Å²) in [5.74, 6) is 2.38. The number of benzene rings is 2. The minimum atomic E-state index is -0.216. The zero-order valence-electron chi connectivity index (χ0n) is 22.2. The number of hydrogen-bond acceptors (Lipinski definition) is 6. The monoisotopic (exact) mass is 516 g/mol. The van der Waals surface area contributed by atoms with Crippen LogP contribution in [0.5, 0.6) is 11.5 Å². The van der Waals surface area contributed by atoms with Crippen LogP contribution >= 0.6 is 0 Å². The maximum Gasteiger partial charge on any atom is 0.274 e. The smallest absolute Gasteiger partial charge is 0.274 e. The SMILES string of the molecule is COc1cc2c(cc1OC)C(C)N(C(=O)c1cc3[nH]c(=O)c4cnc(C5CCOCC5)n4c3cc1C)CC2. The average molecular weight is 517 g/mol. The number of ether oxygens (including phenoxy) is 3. The van der Waals surface area contributed by atoms with E-state index in [1.807, 2.05) is 47.4 Å². The molecule has 1 fully saturated rings. The first-order chi connectivity index (χ1) is 18.4. The zero-order chi connectivity index (χ0) is 26.6. The van der Waals surface area contributed by atoms with Crippen molar-refractivity contribution in [3.8, 4) is 11.5 Å². The highest BCUT2D eigenvalue weighted by Crippen LogP contribution is 2.39. The van der Waals surface area contributed by atoms with Crippen LogP contribution in [0.4, 0.5) is 0 Å². The van der Waals surface area contributed by atoms with Gasteiger partial charge in [0.05, 0.1) is 37.5 Å². The van der Waals surface area contributed by atoms with Gasteiger partial charge >= 0.3 is 0 Å². The number of aromatic amines is 1. The number of imidazole rings is 1. The minimum Gasteiger partial charge on any atom is -0.493 e. The number of fused-ring (bicyclic) bond motifs is 4. The highest BCUT2D eigenvalue weighted by molar-refractivity contribution is 5.99. The van der Waals surface area contributed by atoms with Gasteiger partial charge in [0, 0.05) is 31.2 Å². The Morgan fingerprint density at radius 2 is 1.82 bits per heavy atom. The predicted molar refractivity (Wildman–Crippen MR) is 144 cm³/mol. The summed E-state index contributed by atoms with van der Waals surface area (Å²) in [6.07, 6.45) is 4.11. The van der Waals surface area contributed by atoms with Crippen LogP contribution in [0.2, 0.25) is 0 Å². The predicted octanol–water partition coefficient (Wildman–Crippen LogP) is 4.15. The molecule has 0 bridgehead atoms. The first-order valence-electron chi connectivity index (χ1n) is 13.1. The van der Waals surface area contributed by atoms with Gasteiger partial charge in [-0.1, -0.05) is 0 Å². The van der Waals surface area contributed by atoms with E-state index >= 15 is 0 Å². The quantitative estimate of drug-likeness (QED) is 0.438. The fourth-order valence-electron chi connectivity index (χ4n) is 5.99. The number of rotatable bonds is 4. The number of nitrogens with one attached hydrogen (secondary N) is 1. The fraction of sp³-hybridized carbons (Fsp3) is 0.414. The van der Waals surface area contributed by atoms with Gasteiger partial charge in [0.2, 0.25) is 0 Å². The molecule has 0 spiro atoms. The molecule has 1 amide bonds. The summed E-state index contributed by atoms with van der Waals surface area (Å²) in [7, 11) is 3.24. The molecule has 4 aromatic rings. The van der Waals surface area contributed by atoms with E-state index in [2.05, 4.69) is 9.97 Å². The molecule has 1 saturated heterocycles. The Bertz CT molecular complexity index is 1620. The van der Waals surface area contributed by atoms with E-state index in [0.717, 1.165) is 47.3 Å². The second-order valence-electron chi connectivity index (χ2n) is 10.2. The lowest BCUT2D eigenvalue weighted by Gasteiger charge is -2.36. The van der Waals surface area contributed by atoms with Crippen LogP contribution in [0.3, 0.4) is 0 Å². The van der Waals surface area contributed by atoms with Crippen LogP contribution in [0.25, 0.3) is 16.6 Å². The van der Waals surface area contributed by atoms with Gasteiger partial charge in [0.25, 0.3) is 11.5 Å². The van der Waals surface area contributed by atoms with E-state index in [0.29, 0.717) is 47.9 Å². The van der Waals surface area contributed by atoms with Gasteiger partial charge < -0.3 is 24.1 Å². The topological polar surface area (TPSA) is 98.2 Å². The molecule has 9 nitrogen and oxygen atoms in total. The second-order valence-corrected chi connectivity index (χ2v) is 10.2. The van der Waals surface area contributed by atoms with Gasteiger partial charge in [-0.25, -0.2) is 4.98 Å². The number of nitrogens with zero attached hydrogens (tertiary/aromatic N) is 3. The van der Waals surface area contributed by atoms with Gasteiger partial charge in [-0.2, -0.15) is 0 Å². The molecule has 0 aliphatic carbocycles. The number of carbonyl (C=O) groups is 1. The number of carbonyl (C=O) groups excluding carboxylic acids is 1. The van der Waals surface area contributed by atoms with E-state index < -0.39 is 0 Å². The summed E-state index contributed by atoms with van der Waals surface area (Å²) in [4.78, 5) is 36.4. The van der Waals surface area contributed by atoms with Crippen LogP contribution in [0, 0.1) is 6.92 Å². The highest BCUT2D eigenvalue weighted by atomic mass is 16.5. The van der Waals surface area contributed by atoms with Crippen molar-refractivity contribution in [1.29, 1.82) is 0 Å². The molecule has 0 saturated carbocycles. The van der Waals surface area contributed by atoms with Crippen molar-refractivity contribution in [3.63, 3.8) is 0 Å². The molecule has 0 radical (unpaired) electrons. The maximum atomic E-state index is 13.9. The third-order valence-corrected chi connectivity index (χ3v) is 8.12. The van der Waals surface area contributed by atoms with Crippen LogP contribution in [-0.2, 0) is 11.2 Å². The van der Waals surface area contributed by atoms with Gasteiger partial charge in [-0.3, -0.25) is 14.0 Å². The lowest BCUT2D eigenvalue weighted by molar-refractivity contribution is 0.0676. The Morgan fingerprint density at radius 3 is 2.55 bits per heavy atom. The molecular formula is C29H32N4O5. The molecule has 2 aliphatic rings. The van der Waals surface area contributed by atoms with Crippen LogP contribution in [0.1, 0.15) is 64.6 Å². The van der Waals surface area contributed by atoms with Crippen molar-refractivity contribution >= 4 is 22.5 Å². The molecule has 2 aromatic carbocycles. The Balaban J connectivity index is 1.41. The zero-order valence-corrected chi connectivity index (χ0v) is 22.2. The largest absolute Gasteiger partial charge is 0.493 e. The number of aryl methyl sites for hydroxylation is 1. The molecule has 1 N–H and O–H groups in total. The van der Waals surface area contributed by atoms with E-state index in [9.17, 15) is 9.59 Å². The van der Waals surface area contributed by atoms with Gasteiger partial charge in [0.1, 0.15) is 11.3 Å². The lowest BCUT2D eigenvalue weighted by atomic mass is 9.91. The second kappa shape index (κ2) is 9.47. The van der Waals surface area contributed by atoms with Crippen LogP contribution < -0.4 is 15.0 Å². The number of amides is 1. The van der Waals surface area contributed by atoms with E-state index in [1.54, 1.807) is 20.4 Å². The molecule has 4 heterocycles. The van der Waals surface area contributed by atoms with Gasteiger partial charge in [-0.05, 0) is 74.1 Å². The number of hydrogen-bond donors (Lipinski definition) is 1. The Kier molecular flexibility index (Phi) is 6.10. The first-order valence-corrected chi connectivity index (χ1v) is 13.1. The maximum absolute atomic E-state index is 13.9. The van der Waals surface area contributed by atoms with Crippen molar-refractivity contribution in [2.45, 2.75) is 45.1 Å². The fourth-order valence-corrected chi connectivity index (χ4v) is 5.99. The Labute approximate surface area is 220 Å².